The maximum absolute atomic E-state index is 12.9. The van der Waals surface area contributed by atoms with Gasteiger partial charge < -0.3 is 9.84 Å². The molecule has 0 aliphatic carbocycles. The van der Waals surface area contributed by atoms with Crippen molar-refractivity contribution in [3.63, 3.8) is 0 Å². The number of aromatic nitrogens is 5. The Labute approximate surface area is 158 Å². The molecule has 0 bridgehead atoms. The smallest absolute Gasteiger partial charge is 0.262 e. The van der Waals surface area contributed by atoms with Gasteiger partial charge in [-0.3, -0.25) is 9.36 Å². The molecule has 0 atom stereocenters. The molecule has 1 aromatic carbocycles. The third-order valence-electron chi connectivity index (χ3n) is 3.88. The first-order valence-corrected chi connectivity index (χ1v) is 8.34. The Morgan fingerprint density at radius 3 is 2.89 bits per heavy atom. The molecule has 0 aliphatic rings. The fraction of sp³-hybridized carbons (Fsp3) is 0.0556. The first-order valence-electron chi connectivity index (χ1n) is 7.96. The Hall–Kier alpha value is -3.52. The molecule has 0 unspecified atom stereocenters. The summed E-state index contributed by atoms with van der Waals surface area (Å²) < 4.78 is 6.94. The number of hydrogen-bond acceptors (Lipinski definition) is 6. The molecule has 0 aliphatic heterocycles. The number of amides is 1. The molecule has 8 nitrogen and oxygen atoms in total. The van der Waals surface area contributed by atoms with Crippen LogP contribution in [-0.2, 0) is 0 Å². The molecule has 0 spiro atoms. The van der Waals surface area contributed by atoms with Crippen LogP contribution in [0.5, 0.6) is 0 Å². The van der Waals surface area contributed by atoms with Crippen LogP contribution >= 0.6 is 11.6 Å². The molecule has 134 valence electrons. The lowest BCUT2D eigenvalue weighted by atomic mass is 10.1. The van der Waals surface area contributed by atoms with E-state index in [4.69, 9.17) is 16.1 Å². The molecule has 0 fully saturated rings. The second-order valence-electron chi connectivity index (χ2n) is 5.63. The normalized spacial score (nSPS) is 10.7. The number of aryl methyl sites for hydroxylation is 1. The Balaban J connectivity index is 1.66. The molecular formula is C18H13ClN6O2. The second kappa shape index (κ2) is 7.00. The van der Waals surface area contributed by atoms with Crippen LogP contribution in [0.2, 0.25) is 5.02 Å². The number of carbonyl (C=O) groups is 1. The van der Waals surface area contributed by atoms with Crippen LogP contribution in [0.1, 0.15) is 16.1 Å². The van der Waals surface area contributed by atoms with Crippen LogP contribution in [0, 0.1) is 6.92 Å². The zero-order valence-electron chi connectivity index (χ0n) is 14.1. The van der Waals surface area contributed by atoms with E-state index in [1.165, 1.54) is 6.33 Å². The molecule has 3 heterocycles. The van der Waals surface area contributed by atoms with Crippen molar-refractivity contribution in [1.29, 1.82) is 0 Å². The highest BCUT2D eigenvalue weighted by Gasteiger charge is 2.23. The van der Waals surface area contributed by atoms with E-state index in [0.29, 0.717) is 39.2 Å². The van der Waals surface area contributed by atoms with Gasteiger partial charge in [0, 0.05) is 24.0 Å². The summed E-state index contributed by atoms with van der Waals surface area (Å²) in [6, 6.07) is 8.76. The van der Waals surface area contributed by atoms with Gasteiger partial charge >= 0.3 is 0 Å². The van der Waals surface area contributed by atoms with Crippen molar-refractivity contribution in [3.8, 4) is 17.1 Å². The second-order valence-corrected chi connectivity index (χ2v) is 6.03. The number of hydrogen-bond donors (Lipinski definition) is 1. The van der Waals surface area contributed by atoms with E-state index < -0.39 is 5.91 Å². The van der Waals surface area contributed by atoms with E-state index in [0.717, 1.165) is 0 Å². The summed E-state index contributed by atoms with van der Waals surface area (Å²) >= 11 is 6.24. The van der Waals surface area contributed by atoms with Gasteiger partial charge in [-0.05, 0) is 13.0 Å². The number of benzene rings is 1. The van der Waals surface area contributed by atoms with Crippen LogP contribution < -0.4 is 5.32 Å². The molecule has 27 heavy (non-hydrogen) atoms. The fourth-order valence-corrected chi connectivity index (χ4v) is 2.83. The van der Waals surface area contributed by atoms with Gasteiger partial charge in [0.2, 0.25) is 0 Å². The summed E-state index contributed by atoms with van der Waals surface area (Å²) in [5.74, 6) is 0.890. The minimum atomic E-state index is -0.404. The highest BCUT2D eigenvalue weighted by Crippen LogP contribution is 2.31. The summed E-state index contributed by atoms with van der Waals surface area (Å²) in [7, 11) is 0. The van der Waals surface area contributed by atoms with Crippen molar-refractivity contribution in [2.75, 3.05) is 5.32 Å². The first-order chi connectivity index (χ1) is 13.1. The zero-order chi connectivity index (χ0) is 18.8. The standard InChI is InChI=1S/C18H13ClN6O2/c1-11-16(17(24-27-11)12-4-2-3-5-13(12)19)18(26)23-14-8-15(22-9-21-14)25-7-6-20-10-25/h2-10H,1H3,(H,21,22,23,26). The number of nitrogens with zero attached hydrogens (tertiary/aromatic N) is 5. The van der Waals surface area contributed by atoms with Crippen LogP contribution in [-0.4, -0.2) is 30.6 Å². The van der Waals surface area contributed by atoms with Gasteiger partial charge in [0.05, 0.1) is 5.02 Å². The van der Waals surface area contributed by atoms with Gasteiger partial charge in [-0.2, -0.15) is 0 Å². The molecule has 4 rings (SSSR count). The van der Waals surface area contributed by atoms with Crippen molar-refractivity contribution >= 4 is 23.3 Å². The monoisotopic (exact) mass is 380 g/mol. The van der Waals surface area contributed by atoms with E-state index in [2.05, 4.69) is 25.4 Å². The highest BCUT2D eigenvalue weighted by atomic mass is 35.5. The summed E-state index contributed by atoms with van der Waals surface area (Å²) in [5.41, 5.74) is 1.29. The van der Waals surface area contributed by atoms with E-state index in [9.17, 15) is 4.79 Å². The Kier molecular flexibility index (Phi) is 4.39. The number of carbonyl (C=O) groups excluding carboxylic acids is 1. The Morgan fingerprint density at radius 2 is 2.11 bits per heavy atom. The van der Waals surface area contributed by atoms with Crippen LogP contribution in [0.3, 0.4) is 0 Å². The highest BCUT2D eigenvalue weighted by molar-refractivity contribution is 6.33. The zero-order valence-corrected chi connectivity index (χ0v) is 14.9. The molecular weight excluding hydrogens is 368 g/mol. The molecule has 1 N–H and O–H groups in total. The molecule has 1 amide bonds. The topological polar surface area (TPSA) is 98.7 Å². The van der Waals surface area contributed by atoms with Crippen molar-refractivity contribution in [2.45, 2.75) is 6.92 Å². The van der Waals surface area contributed by atoms with Gasteiger partial charge in [-0.15, -0.1) is 0 Å². The van der Waals surface area contributed by atoms with E-state index in [-0.39, 0.29) is 0 Å². The van der Waals surface area contributed by atoms with E-state index in [1.807, 2.05) is 6.07 Å². The lowest BCUT2D eigenvalue weighted by Crippen LogP contribution is -2.15. The molecule has 0 saturated carbocycles. The molecule has 4 aromatic rings. The van der Waals surface area contributed by atoms with Gasteiger partial charge in [0.1, 0.15) is 41.3 Å². The third kappa shape index (κ3) is 3.30. The maximum atomic E-state index is 12.9. The van der Waals surface area contributed by atoms with Crippen LogP contribution in [0.15, 0.2) is 59.9 Å². The fourth-order valence-electron chi connectivity index (χ4n) is 2.61. The predicted molar refractivity (Wildman–Crippen MR) is 98.8 cm³/mol. The summed E-state index contributed by atoms with van der Waals surface area (Å²) in [6.45, 7) is 1.67. The van der Waals surface area contributed by atoms with Crippen molar-refractivity contribution in [2.24, 2.45) is 0 Å². The maximum Gasteiger partial charge on any atom is 0.262 e. The lowest BCUT2D eigenvalue weighted by molar-refractivity contribution is 0.102. The van der Waals surface area contributed by atoms with Gasteiger partial charge in [-0.25, -0.2) is 15.0 Å². The number of nitrogens with one attached hydrogen (secondary N) is 1. The van der Waals surface area contributed by atoms with Gasteiger partial charge in [0.25, 0.3) is 5.91 Å². The molecule has 0 saturated heterocycles. The van der Waals surface area contributed by atoms with E-state index >= 15 is 0 Å². The third-order valence-corrected chi connectivity index (χ3v) is 4.21. The van der Waals surface area contributed by atoms with Crippen LogP contribution in [0.25, 0.3) is 17.1 Å². The summed E-state index contributed by atoms with van der Waals surface area (Å²) in [6.07, 6.45) is 6.35. The number of anilines is 1. The summed E-state index contributed by atoms with van der Waals surface area (Å²) in [5, 5.41) is 7.23. The van der Waals surface area contributed by atoms with Crippen molar-refractivity contribution in [3.05, 3.63) is 71.7 Å². The minimum absolute atomic E-state index is 0.297. The summed E-state index contributed by atoms with van der Waals surface area (Å²) in [4.78, 5) is 25.1. The molecule has 3 aromatic heterocycles. The number of rotatable bonds is 4. The first kappa shape index (κ1) is 16.9. The average molecular weight is 381 g/mol. The van der Waals surface area contributed by atoms with Gasteiger partial charge in [0.15, 0.2) is 0 Å². The Morgan fingerprint density at radius 1 is 1.26 bits per heavy atom. The van der Waals surface area contributed by atoms with E-state index in [1.54, 1.807) is 54.5 Å². The Bertz CT molecular complexity index is 1110. The average Bonchev–Trinajstić information content (AvgIpc) is 3.32. The van der Waals surface area contributed by atoms with Gasteiger partial charge in [-0.1, -0.05) is 35.0 Å². The minimum Gasteiger partial charge on any atom is -0.360 e. The van der Waals surface area contributed by atoms with Crippen LogP contribution in [0.4, 0.5) is 5.82 Å². The SMILES string of the molecule is Cc1onc(-c2ccccc2Cl)c1C(=O)Nc1cc(-n2ccnc2)ncn1. The number of halogens is 1. The van der Waals surface area contributed by atoms with Crippen molar-refractivity contribution < 1.29 is 9.32 Å². The lowest BCUT2D eigenvalue weighted by Gasteiger charge is -2.07. The molecule has 9 heteroatoms. The quantitative estimate of drug-likeness (QED) is 0.581. The predicted octanol–water partition coefficient (Wildman–Crippen LogP) is 3.53. The number of imidazole rings is 1. The van der Waals surface area contributed by atoms with Crippen molar-refractivity contribution in [1.82, 2.24) is 24.7 Å². The largest absolute Gasteiger partial charge is 0.360 e. The molecule has 0 radical (unpaired) electrons.